The summed E-state index contributed by atoms with van der Waals surface area (Å²) in [5.41, 5.74) is 16.5. The van der Waals surface area contributed by atoms with Crippen LogP contribution in [-0.4, -0.2) is 0 Å². The molecule has 0 radical (unpaired) electrons. The molecule has 0 N–H and O–H groups in total. The highest BCUT2D eigenvalue weighted by Gasteiger charge is 2.34. The summed E-state index contributed by atoms with van der Waals surface area (Å²) in [5, 5.41) is 4.78. The van der Waals surface area contributed by atoms with Crippen molar-refractivity contribution >= 4 is 55.7 Å². The SMILES string of the molecule is c1ccc(-c2cc(N(c3ccccc3)c3ccccc3)c3ccc4c5c3c2CCc2ccc3c(N(c6ccccc6)c6ccccc6)cc(-c6ccccc6)c(c3c2-5)O4)cc1. The Bertz CT molecular complexity index is 3160. The molecule has 288 valence electrons. The fraction of sp³-hybridized carbons (Fsp3) is 0.0345. The molecule has 10 aromatic carbocycles. The number of benzene rings is 10. The molecule has 10 aromatic rings. The summed E-state index contributed by atoms with van der Waals surface area (Å²) in [7, 11) is 0. The molecule has 1 aliphatic heterocycles. The van der Waals surface area contributed by atoms with Crippen LogP contribution in [0.25, 0.3) is 54.9 Å². The van der Waals surface area contributed by atoms with Crippen molar-refractivity contribution in [1.29, 1.82) is 0 Å². The lowest BCUT2D eigenvalue weighted by atomic mass is 9.84. The van der Waals surface area contributed by atoms with Crippen molar-refractivity contribution in [3.8, 4) is 44.9 Å². The van der Waals surface area contributed by atoms with Gasteiger partial charge in [0.2, 0.25) is 0 Å². The largest absolute Gasteiger partial charge is 0.455 e. The van der Waals surface area contributed by atoms with E-state index in [-0.39, 0.29) is 0 Å². The van der Waals surface area contributed by atoms with Gasteiger partial charge < -0.3 is 14.5 Å². The quantitative estimate of drug-likeness (QED) is 0.153. The number of rotatable bonds is 8. The van der Waals surface area contributed by atoms with Crippen molar-refractivity contribution in [1.82, 2.24) is 0 Å². The third-order valence-corrected chi connectivity index (χ3v) is 12.5. The summed E-state index contributed by atoms with van der Waals surface area (Å²) < 4.78 is 7.41. The molecule has 0 unspecified atom stereocenters. The molecule has 0 atom stereocenters. The van der Waals surface area contributed by atoms with Crippen LogP contribution in [0, 0.1) is 0 Å². The fourth-order valence-electron chi connectivity index (χ4n) is 9.86. The summed E-state index contributed by atoms with van der Waals surface area (Å²) in [5.74, 6) is 1.81. The highest BCUT2D eigenvalue weighted by Crippen LogP contribution is 2.59. The Morgan fingerprint density at radius 2 is 0.787 bits per heavy atom. The van der Waals surface area contributed by atoms with Crippen LogP contribution in [0.15, 0.2) is 218 Å². The number of nitrogens with zero attached hydrogens (tertiary/aromatic N) is 2. The maximum atomic E-state index is 7.41. The van der Waals surface area contributed by atoms with Crippen LogP contribution in [-0.2, 0) is 12.8 Å². The maximum Gasteiger partial charge on any atom is 0.143 e. The topological polar surface area (TPSA) is 15.7 Å². The average Bonchev–Trinajstić information content (AvgIpc) is 3.51. The molecule has 0 bridgehead atoms. The summed E-state index contributed by atoms with van der Waals surface area (Å²) in [6.45, 7) is 0. The number of hydrogen-bond donors (Lipinski definition) is 0. The Kier molecular flexibility index (Phi) is 8.31. The van der Waals surface area contributed by atoms with E-state index >= 15 is 0 Å². The molecule has 3 heteroatoms. The van der Waals surface area contributed by atoms with Crippen molar-refractivity contribution in [2.45, 2.75) is 12.8 Å². The fourth-order valence-corrected chi connectivity index (χ4v) is 9.86. The van der Waals surface area contributed by atoms with Crippen LogP contribution in [0.5, 0.6) is 11.5 Å². The zero-order valence-corrected chi connectivity index (χ0v) is 33.5. The predicted octanol–water partition coefficient (Wildman–Crippen LogP) is 16.1. The van der Waals surface area contributed by atoms with Crippen LogP contribution in [0.2, 0.25) is 0 Å². The van der Waals surface area contributed by atoms with Gasteiger partial charge in [-0.3, -0.25) is 0 Å². The second-order valence-electron chi connectivity index (χ2n) is 15.9. The van der Waals surface area contributed by atoms with E-state index in [1.807, 2.05) is 0 Å². The van der Waals surface area contributed by atoms with E-state index in [1.54, 1.807) is 0 Å². The van der Waals surface area contributed by atoms with Gasteiger partial charge in [0.1, 0.15) is 11.5 Å². The molecular weight excluding hydrogens is 741 g/mol. The Labute approximate surface area is 356 Å². The van der Waals surface area contributed by atoms with Gasteiger partial charge >= 0.3 is 0 Å². The summed E-state index contributed by atoms with van der Waals surface area (Å²) in [4.78, 5) is 4.83. The van der Waals surface area contributed by atoms with Crippen LogP contribution in [0.1, 0.15) is 11.1 Å². The minimum absolute atomic E-state index is 0.895. The van der Waals surface area contributed by atoms with Gasteiger partial charge in [0.05, 0.1) is 11.4 Å². The van der Waals surface area contributed by atoms with Crippen molar-refractivity contribution in [3.63, 3.8) is 0 Å². The number of aryl methyl sites for hydroxylation is 2. The highest BCUT2D eigenvalue weighted by atomic mass is 16.5. The summed E-state index contributed by atoms with van der Waals surface area (Å²) in [6.07, 6.45) is 1.80. The molecule has 1 aliphatic carbocycles. The van der Waals surface area contributed by atoms with E-state index in [1.165, 1.54) is 44.2 Å². The van der Waals surface area contributed by atoms with E-state index < -0.39 is 0 Å². The second kappa shape index (κ2) is 14.4. The number of para-hydroxylation sites is 4. The Morgan fingerprint density at radius 3 is 1.30 bits per heavy atom. The number of anilines is 6. The summed E-state index contributed by atoms with van der Waals surface area (Å²) >= 11 is 0. The monoisotopic (exact) mass is 780 g/mol. The van der Waals surface area contributed by atoms with E-state index in [2.05, 4.69) is 228 Å². The average molecular weight is 781 g/mol. The molecule has 0 saturated carbocycles. The van der Waals surface area contributed by atoms with Crippen molar-refractivity contribution in [2.75, 3.05) is 9.80 Å². The van der Waals surface area contributed by atoms with Gasteiger partial charge in [0.25, 0.3) is 0 Å². The van der Waals surface area contributed by atoms with E-state index in [4.69, 9.17) is 4.74 Å². The predicted molar refractivity (Wildman–Crippen MR) is 255 cm³/mol. The number of ether oxygens (including phenoxy) is 1. The molecule has 0 amide bonds. The molecule has 0 aromatic heterocycles. The number of hydrogen-bond acceptors (Lipinski definition) is 3. The Balaban J connectivity index is 1.22. The van der Waals surface area contributed by atoms with Crippen molar-refractivity contribution in [3.05, 3.63) is 230 Å². The summed E-state index contributed by atoms with van der Waals surface area (Å²) in [6, 6.07) is 78.7. The van der Waals surface area contributed by atoms with Gasteiger partial charge in [-0.2, -0.15) is 0 Å². The Hall–Kier alpha value is -7.88. The first kappa shape index (κ1) is 35.1. The first-order valence-electron chi connectivity index (χ1n) is 21.1. The molecule has 12 rings (SSSR count). The molecule has 3 nitrogen and oxygen atoms in total. The minimum Gasteiger partial charge on any atom is -0.455 e. The second-order valence-corrected chi connectivity index (χ2v) is 15.9. The van der Waals surface area contributed by atoms with Crippen LogP contribution in [0.3, 0.4) is 0 Å². The van der Waals surface area contributed by atoms with Gasteiger partial charge in [-0.05, 0) is 119 Å². The molecule has 0 fully saturated rings. The van der Waals surface area contributed by atoms with Crippen molar-refractivity contribution in [2.24, 2.45) is 0 Å². The van der Waals surface area contributed by atoms with Gasteiger partial charge in [-0.15, -0.1) is 0 Å². The van der Waals surface area contributed by atoms with Crippen molar-refractivity contribution < 1.29 is 4.74 Å². The van der Waals surface area contributed by atoms with Gasteiger partial charge in [0, 0.05) is 55.6 Å². The van der Waals surface area contributed by atoms with Crippen LogP contribution in [0.4, 0.5) is 34.1 Å². The van der Waals surface area contributed by atoms with E-state index in [0.29, 0.717) is 0 Å². The third-order valence-electron chi connectivity index (χ3n) is 12.5. The molecule has 2 aliphatic rings. The Morgan fingerprint density at radius 1 is 0.361 bits per heavy atom. The first-order chi connectivity index (χ1) is 30.3. The van der Waals surface area contributed by atoms with E-state index in [9.17, 15) is 0 Å². The molecule has 0 spiro atoms. The third kappa shape index (κ3) is 5.73. The standard InChI is InChI=1S/C58H40N2O/c1-7-19-39(20-8-1)49-37-51(59(42-23-11-3-12-24-42)43-25-13-4-14-26-43)47-35-36-53-57-54-41(31-33-46(49)55(47)57)32-34-48-52(38-50(58(61-53)56(48)54)40-21-9-2-10-22-40)60(44-27-15-5-16-28-44)45-29-17-6-18-30-45/h1-30,32,34-38H,31,33H2. The maximum absolute atomic E-state index is 7.41. The molecule has 0 saturated heterocycles. The zero-order valence-electron chi connectivity index (χ0n) is 33.5. The van der Waals surface area contributed by atoms with Gasteiger partial charge in [-0.1, -0.05) is 146 Å². The highest BCUT2D eigenvalue weighted by molar-refractivity contribution is 6.21. The lowest BCUT2D eigenvalue weighted by Gasteiger charge is -2.32. The zero-order chi connectivity index (χ0) is 40.3. The smallest absolute Gasteiger partial charge is 0.143 e. The minimum atomic E-state index is 0.895. The molecule has 61 heavy (non-hydrogen) atoms. The van der Waals surface area contributed by atoms with Gasteiger partial charge in [0.15, 0.2) is 0 Å². The molecule has 1 heterocycles. The van der Waals surface area contributed by atoms with E-state index in [0.717, 1.165) is 80.4 Å². The first-order valence-corrected chi connectivity index (χ1v) is 21.1. The van der Waals surface area contributed by atoms with Crippen LogP contribution >= 0.6 is 0 Å². The lowest BCUT2D eigenvalue weighted by Crippen LogP contribution is -2.12. The van der Waals surface area contributed by atoms with Gasteiger partial charge in [-0.25, -0.2) is 0 Å². The van der Waals surface area contributed by atoms with Crippen LogP contribution < -0.4 is 14.5 Å². The normalized spacial score (nSPS) is 12.3. The molecular formula is C58H40N2O. The lowest BCUT2D eigenvalue weighted by molar-refractivity contribution is 0.489.